The number of hydrogen-bond donors (Lipinski definition) is 1. The van der Waals surface area contributed by atoms with E-state index in [9.17, 15) is 18.4 Å². The standard InChI is InChI=1S/C25H19F2N3O6/c1-33-14-6-4-13(5-7-14)30-24(32)23(31)22-17(26)8-15(9-18(22)27)36-25-16-10-20(34-2)21(35-3)11-19(16)28-12-29-25/h4-12H,1-3H3,(H,30,32). The van der Waals surface area contributed by atoms with Gasteiger partial charge >= 0.3 is 0 Å². The first-order valence-corrected chi connectivity index (χ1v) is 10.4. The topological polar surface area (TPSA) is 109 Å². The van der Waals surface area contributed by atoms with Crippen LogP contribution >= 0.6 is 0 Å². The number of Topliss-reactive ketones (excluding diaryl/α,β-unsaturated/α-hetero) is 1. The van der Waals surface area contributed by atoms with Crippen molar-refractivity contribution >= 4 is 28.3 Å². The quantitative estimate of drug-likeness (QED) is 0.280. The maximum Gasteiger partial charge on any atom is 0.296 e. The highest BCUT2D eigenvalue weighted by molar-refractivity contribution is 6.46. The minimum atomic E-state index is -1.39. The number of benzene rings is 3. The van der Waals surface area contributed by atoms with Crippen molar-refractivity contribution in [2.45, 2.75) is 0 Å². The Hall–Kier alpha value is -4.80. The van der Waals surface area contributed by atoms with Gasteiger partial charge in [0.2, 0.25) is 5.88 Å². The number of rotatable bonds is 8. The summed E-state index contributed by atoms with van der Waals surface area (Å²) in [5.41, 5.74) is -0.342. The monoisotopic (exact) mass is 495 g/mol. The van der Waals surface area contributed by atoms with Gasteiger partial charge < -0.3 is 24.3 Å². The second-order valence-corrected chi connectivity index (χ2v) is 7.28. The van der Waals surface area contributed by atoms with E-state index in [-0.39, 0.29) is 17.3 Å². The van der Waals surface area contributed by atoms with Crippen molar-refractivity contribution in [2.75, 3.05) is 26.6 Å². The molecular formula is C25H19F2N3O6. The fourth-order valence-electron chi connectivity index (χ4n) is 3.35. The van der Waals surface area contributed by atoms with Crippen LogP contribution in [0.15, 0.2) is 54.9 Å². The molecule has 0 fully saturated rings. The van der Waals surface area contributed by atoms with Gasteiger partial charge in [0.1, 0.15) is 29.5 Å². The molecule has 1 amide bonds. The van der Waals surface area contributed by atoms with Gasteiger partial charge in [-0.05, 0) is 30.3 Å². The molecule has 0 saturated carbocycles. The minimum absolute atomic E-state index is 0.0175. The zero-order chi connectivity index (χ0) is 25.8. The molecule has 4 aromatic rings. The van der Waals surface area contributed by atoms with E-state index in [1.807, 2.05) is 0 Å². The van der Waals surface area contributed by atoms with Crippen molar-refractivity contribution in [3.63, 3.8) is 0 Å². The summed E-state index contributed by atoms with van der Waals surface area (Å²) in [4.78, 5) is 33.0. The van der Waals surface area contributed by atoms with E-state index in [1.54, 1.807) is 24.3 Å². The molecule has 0 bridgehead atoms. The van der Waals surface area contributed by atoms with E-state index < -0.39 is 28.9 Å². The summed E-state index contributed by atoms with van der Waals surface area (Å²) in [6.45, 7) is 0. The van der Waals surface area contributed by atoms with Crippen LogP contribution < -0.4 is 24.3 Å². The lowest BCUT2D eigenvalue weighted by Crippen LogP contribution is -2.25. The largest absolute Gasteiger partial charge is 0.497 e. The average molecular weight is 495 g/mol. The SMILES string of the molecule is COc1ccc(NC(=O)C(=O)c2c(F)cc(Oc3ncnc4cc(OC)c(OC)cc34)cc2F)cc1. The Morgan fingerprint density at radius 2 is 1.44 bits per heavy atom. The lowest BCUT2D eigenvalue weighted by atomic mass is 10.1. The maximum absolute atomic E-state index is 14.8. The third-order valence-electron chi connectivity index (χ3n) is 5.12. The van der Waals surface area contributed by atoms with Crippen LogP contribution in [0.2, 0.25) is 0 Å². The number of nitrogens with one attached hydrogen (secondary N) is 1. The number of methoxy groups -OCH3 is 3. The Labute approximate surface area is 203 Å². The second kappa shape index (κ2) is 10.2. The molecule has 0 aliphatic heterocycles. The number of ether oxygens (including phenoxy) is 4. The Morgan fingerprint density at radius 3 is 2.06 bits per heavy atom. The van der Waals surface area contributed by atoms with Gasteiger partial charge in [-0.3, -0.25) is 9.59 Å². The Bertz CT molecular complexity index is 1440. The van der Waals surface area contributed by atoms with Crippen LogP contribution in [0.1, 0.15) is 10.4 Å². The first-order chi connectivity index (χ1) is 17.3. The van der Waals surface area contributed by atoms with Crippen LogP contribution in [0.25, 0.3) is 10.9 Å². The van der Waals surface area contributed by atoms with E-state index in [4.69, 9.17) is 18.9 Å². The molecule has 0 atom stereocenters. The summed E-state index contributed by atoms with van der Waals surface area (Å²) >= 11 is 0. The first kappa shape index (κ1) is 24.3. The van der Waals surface area contributed by atoms with Gasteiger partial charge in [-0.25, -0.2) is 18.7 Å². The van der Waals surface area contributed by atoms with Gasteiger partial charge in [0.25, 0.3) is 11.7 Å². The number of anilines is 1. The molecule has 9 nitrogen and oxygen atoms in total. The average Bonchev–Trinajstić information content (AvgIpc) is 2.88. The van der Waals surface area contributed by atoms with Crippen molar-refractivity contribution in [1.29, 1.82) is 0 Å². The Balaban J connectivity index is 1.59. The zero-order valence-corrected chi connectivity index (χ0v) is 19.3. The van der Waals surface area contributed by atoms with Gasteiger partial charge in [0.15, 0.2) is 11.5 Å². The smallest absolute Gasteiger partial charge is 0.296 e. The Morgan fingerprint density at radius 1 is 0.806 bits per heavy atom. The molecule has 1 heterocycles. The number of carbonyl (C=O) groups is 2. The highest BCUT2D eigenvalue weighted by Crippen LogP contribution is 2.36. The molecule has 0 spiro atoms. The normalized spacial score (nSPS) is 10.6. The van der Waals surface area contributed by atoms with Crippen molar-refractivity contribution in [2.24, 2.45) is 0 Å². The van der Waals surface area contributed by atoms with Gasteiger partial charge in [0.05, 0.1) is 37.8 Å². The number of amides is 1. The zero-order valence-electron chi connectivity index (χ0n) is 19.3. The summed E-state index contributed by atoms with van der Waals surface area (Å²) in [5, 5.41) is 2.68. The number of carbonyl (C=O) groups excluding carboxylic acids is 2. The van der Waals surface area contributed by atoms with Crippen molar-refractivity contribution in [1.82, 2.24) is 9.97 Å². The van der Waals surface area contributed by atoms with Gasteiger partial charge in [0, 0.05) is 23.9 Å². The van der Waals surface area contributed by atoms with E-state index in [1.165, 1.54) is 39.8 Å². The molecule has 0 aliphatic carbocycles. The highest BCUT2D eigenvalue weighted by Gasteiger charge is 2.26. The number of fused-ring (bicyclic) bond motifs is 1. The number of hydrogen-bond acceptors (Lipinski definition) is 8. The maximum atomic E-state index is 14.8. The summed E-state index contributed by atoms with van der Waals surface area (Å²) < 4.78 is 50.7. The number of halogens is 2. The summed E-state index contributed by atoms with van der Waals surface area (Å²) in [5.74, 6) is -4.15. The molecule has 0 radical (unpaired) electrons. The number of aromatic nitrogens is 2. The van der Waals surface area contributed by atoms with Crippen molar-refractivity contribution in [3.8, 4) is 28.9 Å². The van der Waals surface area contributed by atoms with E-state index >= 15 is 0 Å². The lowest BCUT2D eigenvalue weighted by Gasteiger charge is -2.12. The summed E-state index contributed by atoms with van der Waals surface area (Å²) in [7, 11) is 4.38. The van der Waals surface area contributed by atoms with Crippen molar-refractivity contribution in [3.05, 3.63) is 72.1 Å². The molecule has 36 heavy (non-hydrogen) atoms. The molecule has 0 aliphatic rings. The summed E-state index contributed by atoms with van der Waals surface area (Å²) in [6, 6.07) is 10.8. The number of ketones is 1. The van der Waals surface area contributed by atoms with Crippen LogP contribution in [0.3, 0.4) is 0 Å². The molecule has 0 unspecified atom stereocenters. The highest BCUT2D eigenvalue weighted by atomic mass is 19.1. The molecule has 0 saturated heterocycles. The van der Waals surface area contributed by atoms with Gasteiger partial charge in [-0.15, -0.1) is 0 Å². The summed E-state index contributed by atoms with van der Waals surface area (Å²) in [6.07, 6.45) is 1.21. The van der Waals surface area contributed by atoms with Crippen LogP contribution in [0.5, 0.6) is 28.9 Å². The third-order valence-corrected chi connectivity index (χ3v) is 5.12. The Kier molecular flexibility index (Phi) is 6.91. The van der Waals surface area contributed by atoms with Crippen molar-refractivity contribution < 1.29 is 37.3 Å². The molecule has 3 aromatic carbocycles. The van der Waals surface area contributed by atoms with Crippen LogP contribution in [0.4, 0.5) is 14.5 Å². The molecule has 1 aromatic heterocycles. The number of nitrogens with zero attached hydrogens (tertiary/aromatic N) is 2. The van der Waals surface area contributed by atoms with Crippen LogP contribution in [-0.2, 0) is 4.79 Å². The lowest BCUT2D eigenvalue weighted by molar-refractivity contribution is -0.112. The predicted molar refractivity (Wildman–Crippen MR) is 125 cm³/mol. The van der Waals surface area contributed by atoms with Crippen LogP contribution in [-0.4, -0.2) is 43.0 Å². The second-order valence-electron chi connectivity index (χ2n) is 7.28. The first-order valence-electron chi connectivity index (χ1n) is 10.4. The fourth-order valence-corrected chi connectivity index (χ4v) is 3.35. The third kappa shape index (κ3) is 4.85. The fraction of sp³-hybridized carbons (Fsp3) is 0.120. The van der Waals surface area contributed by atoms with Gasteiger partial charge in [-0.2, -0.15) is 0 Å². The molecule has 11 heteroatoms. The van der Waals surface area contributed by atoms with E-state index in [0.717, 1.165) is 12.1 Å². The molecular weight excluding hydrogens is 476 g/mol. The predicted octanol–water partition coefficient (Wildman–Crippen LogP) is 4.55. The molecule has 184 valence electrons. The van der Waals surface area contributed by atoms with E-state index in [0.29, 0.717) is 28.2 Å². The van der Waals surface area contributed by atoms with Gasteiger partial charge in [-0.1, -0.05) is 0 Å². The minimum Gasteiger partial charge on any atom is -0.497 e. The molecule has 1 N–H and O–H groups in total. The molecule has 4 rings (SSSR count). The van der Waals surface area contributed by atoms with Crippen LogP contribution in [0, 0.1) is 11.6 Å². The van der Waals surface area contributed by atoms with E-state index in [2.05, 4.69) is 15.3 Å².